The molecule has 4 fully saturated rings. The summed E-state index contributed by atoms with van der Waals surface area (Å²) in [5.74, 6) is -1.99. The van der Waals surface area contributed by atoms with Gasteiger partial charge in [-0.05, 0) is 55.7 Å². The molecular weight excluding hydrogens is 379 g/mol. The Bertz CT molecular complexity index is 852. The standard InChI is InChI=1S/C22H27FO6/c1-10-28-17-8-13-12-7-15(23)14-6-11(24)4-5-20(14,2)18(12)16(25)9-21(13,3)22(17,29-10)19(26)27/h4-6,10,12-13,15-18,25H,7-9H2,1-3H3,(H,26,27)/t10?,12-,13-,15-,16-,17+,18?,20-,21-,22-/m0/s1. The molecule has 1 aliphatic heterocycles. The summed E-state index contributed by atoms with van der Waals surface area (Å²) in [5.41, 5.74) is -2.74. The van der Waals surface area contributed by atoms with Gasteiger partial charge in [0.15, 0.2) is 17.7 Å². The van der Waals surface area contributed by atoms with E-state index in [1.54, 1.807) is 13.0 Å². The number of ether oxygens (including phenoxy) is 2. The van der Waals surface area contributed by atoms with Crippen molar-refractivity contribution >= 4 is 11.8 Å². The van der Waals surface area contributed by atoms with Gasteiger partial charge >= 0.3 is 5.97 Å². The molecule has 0 aromatic rings. The first-order valence-corrected chi connectivity index (χ1v) is 10.4. The number of carboxylic acids is 1. The van der Waals surface area contributed by atoms with Crippen LogP contribution in [0.2, 0.25) is 0 Å². The summed E-state index contributed by atoms with van der Waals surface area (Å²) in [5, 5.41) is 21.5. The van der Waals surface area contributed by atoms with E-state index < -0.39 is 47.1 Å². The molecule has 0 aromatic carbocycles. The van der Waals surface area contributed by atoms with Crippen molar-refractivity contribution in [2.75, 3.05) is 0 Å². The predicted octanol–water partition coefficient (Wildman–Crippen LogP) is 2.41. The van der Waals surface area contributed by atoms with E-state index in [9.17, 15) is 19.8 Å². The molecule has 29 heavy (non-hydrogen) atoms. The van der Waals surface area contributed by atoms with Gasteiger partial charge in [-0.3, -0.25) is 4.79 Å². The number of aliphatic carboxylic acids is 1. The van der Waals surface area contributed by atoms with Crippen LogP contribution in [0.5, 0.6) is 0 Å². The van der Waals surface area contributed by atoms with Crippen LogP contribution in [0.15, 0.2) is 23.8 Å². The van der Waals surface area contributed by atoms with E-state index in [2.05, 4.69) is 0 Å². The van der Waals surface area contributed by atoms with E-state index in [1.807, 2.05) is 13.8 Å². The Morgan fingerprint density at radius 2 is 2.03 bits per heavy atom. The van der Waals surface area contributed by atoms with Gasteiger partial charge in [0.25, 0.3) is 0 Å². The van der Waals surface area contributed by atoms with Crippen molar-refractivity contribution in [3.05, 3.63) is 23.8 Å². The highest BCUT2D eigenvalue weighted by Gasteiger charge is 2.76. The lowest BCUT2D eigenvalue weighted by atomic mass is 9.46. The second-order valence-corrected chi connectivity index (χ2v) is 9.89. The SMILES string of the molecule is CC1O[C@@H]2C[C@H]3[C@@H]4C[C@H](F)C5=CC(=O)C=C[C@]5(C)C4[C@@H](O)C[C@]3(C)[C@]2(C(=O)O)O1. The van der Waals surface area contributed by atoms with E-state index in [0.29, 0.717) is 12.0 Å². The summed E-state index contributed by atoms with van der Waals surface area (Å²) < 4.78 is 27.1. The lowest BCUT2D eigenvalue weighted by molar-refractivity contribution is -0.209. The highest BCUT2D eigenvalue weighted by Crippen LogP contribution is 2.69. The van der Waals surface area contributed by atoms with Gasteiger partial charge in [-0.25, -0.2) is 9.18 Å². The molecule has 6 nitrogen and oxygen atoms in total. The van der Waals surface area contributed by atoms with Crippen LogP contribution >= 0.6 is 0 Å². The minimum Gasteiger partial charge on any atom is -0.479 e. The maximum Gasteiger partial charge on any atom is 0.339 e. The highest BCUT2D eigenvalue weighted by atomic mass is 19.1. The van der Waals surface area contributed by atoms with Crippen molar-refractivity contribution in [3.63, 3.8) is 0 Å². The van der Waals surface area contributed by atoms with Gasteiger partial charge in [0.05, 0.1) is 6.10 Å². The van der Waals surface area contributed by atoms with Gasteiger partial charge in [0, 0.05) is 16.7 Å². The first-order chi connectivity index (χ1) is 13.5. The topological polar surface area (TPSA) is 93.1 Å². The number of allylic oxidation sites excluding steroid dienone is 4. The fourth-order valence-electron chi connectivity index (χ4n) is 7.62. The number of carbonyl (C=O) groups excluding carboxylic acids is 1. The molecule has 0 aromatic heterocycles. The van der Waals surface area contributed by atoms with Gasteiger partial charge in [-0.1, -0.05) is 19.9 Å². The number of hydrogen-bond donors (Lipinski definition) is 2. The molecule has 5 aliphatic rings. The zero-order valence-electron chi connectivity index (χ0n) is 16.8. The minimum atomic E-state index is -1.54. The lowest BCUT2D eigenvalue weighted by Gasteiger charge is -2.59. The maximum atomic E-state index is 15.3. The normalized spacial score (nSPS) is 55.6. The van der Waals surface area contributed by atoms with Crippen LogP contribution in [0.3, 0.4) is 0 Å². The zero-order valence-corrected chi connectivity index (χ0v) is 16.8. The summed E-state index contributed by atoms with van der Waals surface area (Å²) in [6.45, 7) is 5.42. The van der Waals surface area contributed by atoms with Crippen LogP contribution in [0.4, 0.5) is 4.39 Å². The number of carboxylic acid groups (broad SMARTS) is 1. The van der Waals surface area contributed by atoms with Crippen LogP contribution in [0, 0.1) is 28.6 Å². The molecule has 0 spiro atoms. The molecule has 0 amide bonds. The molecule has 2 N–H and O–H groups in total. The first kappa shape index (κ1) is 19.4. The average Bonchev–Trinajstić information content (AvgIpc) is 3.08. The molecule has 2 unspecified atom stereocenters. The Kier molecular flexibility index (Phi) is 3.86. The predicted molar refractivity (Wildman–Crippen MR) is 99.5 cm³/mol. The van der Waals surface area contributed by atoms with Gasteiger partial charge < -0.3 is 19.7 Å². The second kappa shape index (κ2) is 5.77. The second-order valence-electron chi connectivity index (χ2n) is 9.89. The van der Waals surface area contributed by atoms with Crippen molar-refractivity contribution in [3.8, 4) is 0 Å². The smallest absolute Gasteiger partial charge is 0.339 e. The number of fused-ring (bicyclic) bond motifs is 7. The average molecular weight is 406 g/mol. The fourth-order valence-corrected chi connectivity index (χ4v) is 7.62. The number of halogens is 1. The molecule has 158 valence electrons. The largest absolute Gasteiger partial charge is 0.479 e. The molecule has 3 saturated carbocycles. The zero-order chi connectivity index (χ0) is 20.9. The van der Waals surface area contributed by atoms with Crippen molar-refractivity contribution in [2.24, 2.45) is 28.6 Å². The van der Waals surface area contributed by atoms with Crippen LogP contribution < -0.4 is 0 Å². The Labute approximate surface area is 168 Å². The van der Waals surface area contributed by atoms with Gasteiger partial charge in [0.2, 0.25) is 0 Å². The molecule has 10 atom stereocenters. The summed E-state index contributed by atoms with van der Waals surface area (Å²) >= 11 is 0. The third-order valence-electron chi connectivity index (χ3n) is 8.66. The first-order valence-electron chi connectivity index (χ1n) is 10.4. The molecule has 0 radical (unpaired) electrons. The Hall–Kier alpha value is -1.57. The van der Waals surface area contributed by atoms with Crippen molar-refractivity contribution in [1.82, 2.24) is 0 Å². The summed E-state index contributed by atoms with van der Waals surface area (Å²) in [6, 6.07) is 0. The molecule has 5 rings (SSSR count). The number of carbonyl (C=O) groups is 2. The van der Waals surface area contributed by atoms with E-state index in [4.69, 9.17) is 9.47 Å². The van der Waals surface area contributed by atoms with Gasteiger partial charge in [-0.15, -0.1) is 0 Å². The Balaban J connectivity index is 1.61. The van der Waals surface area contributed by atoms with Crippen molar-refractivity contribution in [2.45, 2.75) is 70.3 Å². The molecule has 1 saturated heterocycles. The maximum absolute atomic E-state index is 15.3. The van der Waals surface area contributed by atoms with Gasteiger partial charge in [0.1, 0.15) is 12.3 Å². The minimum absolute atomic E-state index is 0.160. The molecular formula is C22H27FO6. The molecule has 0 bridgehead atoms. The van der Waals surface area contributed by atoms with Crippen LogP contribution in [-0.4, -0.2) is 52.2 Å². The number of hydrogen-bond acceptors (Lipinski definition) is 5. The van der Waals surface area contributed by atoms with Crippen LogP contribution in [0.25, 0.3) is 0 Å². The fraction of sp³-hybridized carbons (Fsp3) is 0.727. The molecule has 7 heteroatoms. The third kappa shape index (κ3) is 2.16. The monoisotopic (exact) mass is 406 g/mol. The van der Waals surface area contributed by atoms with E-state index in [0.717, 1.165) is 0 Å². The van der Waals surface area contributed by atoms with E-state index >= 15 is 4.39 Å². The lowest BCUT2D eigenvalue weighted by Crippen LogP contribution is -2.63. The van der Waals surface area contributed by atoms with Crippen LogP contribution in [0.1, 0.15) is 40.0 Å². The number of aliphatic hydroxyl groups excluding tert-OH is 1. The summed E-state index contributed by atoms with van der Waals surface area (Å²) in [7, 11) is 0. The van der Waals surface area contributed by atoms with Crippen molar-refractivity contribution < 1.29 is 33.7 Å². The molecule has 4 aliphatic carbocycles. The molecule has 1 heterocycles. The number of rotatable bonds is 1. The number of ketones is 1. The number of alkyl halides is 1. The Morgan fingerprint density at radius 1 is 1.31 bits per heavy atom. The van der Waals surface area contributed by atoms with Gasteiger partial charge in [-0.2, -0.15) is 0 Å². The van der Waals surface area contributed by atoms with E-state index in [-0.39, 0.29) is 36.4 Å². The summed E-state index contributed by atoms with van der Waals surface area (Å²) in [6.07, 6.45) is 2.03. The van der Waals surface area contributed by atoms with E-state index in [1.165, 1.54) is 12.2 Å². The third-order valence-corrected chi connectivity index (χ3v) is 8.66. The summed E-state index contributed by atoms with van der Waals surface area (Å²) in [4.78, 5) is 24.3. The van der Waals surface area contributed by atoms with Crippen molar-refractivity contribution in [1.29, 1.82) is 0 Å². The van der Waals surface area contributed by atoms with Crippen LogP contribution in [-0.2, 0) is 19.1 Å². The number of aliphatic hydroxyl groups is 1. The Morgan fingerprint density at radius 3 is 2.72 bits per heavy atom. The quantitative estimate of drug-likeness (QED) is 0.695. The highest BCUT2D eigenvalue weighted by molar-refractivity contribution is 6.01.